The van der Waals surface area contributed by atoms with E-state index in [-0.39, 0.29) is 0 Å². The SMILES string of the molecule is CCNCc1ccc(COc2cc(Cl)c(Cl)cc2Cl)s1. The fourth-order valence-electron chi connectivity index (χ4n) is 1.61. The zero-order valence-electron chi connectivity index (χ0n) is 10.9. The van der Waals surface area contributed by atoms with Crippen molar-refractivity contribution in [3.05, 3.63) is 49.1 Å². The van der Waals surface area contributed by atoms with Crippen molar-refractivity contribution in [1.29, 1.82) is 0 Å². The second kappa shape index (κ2) is 7.53. The number of ether oxygens (including phenoxy) is 1. The summed E-state index contributed by atoms with van der Waals surface area (Å²) in [4.78, 5) is 2.42. The van der Waals surface area contributed by atoms with E-state index in [0.717, 1.165) is 18.0 Å². The minimum atomic E-state index is 0.424. The van der Waals surface area contributed by atoms with E-state index >= 15 is 0 Å². The fourth-order valence-corrected chi connectivity index (χ4v) is 3.10. The van der Waals surface area contributed by atoms with E-state index in [1.807, 2.05) is 0 Å². The normalized spacial score (nSPS) is 10.8. The van der Waals surface area contributed by atoms with Gasteiger partial charge in [0.15, 0.2) is 0 Å². The Morgan fingerprint density at radius 2 is 1.75 bits per heavy atom. The van der Waals surface area contributed by atoms with Crippen LogP contribution in [0.25, 0.3) is 0 Å². The largest absolute Gasteiger partial charge is 0.486 e. The van der Waals surface area contributed by atoms with E-state index in [4.69, 9.17) is 39.5 Å². The molecule has 0 bridgehead atoms. The van der Waals surface area contributed by atoms with Crippen molar-refractivity contribution in [1.82, 2.24) is 5.32 Å². The van der Waals surface area contributed by atoms with Gasteiger partial charge in [-0.25, -0.2) is 0 Å². The third-order valence-electron chi connectivity index (χ3n) is 2.61. The van der Waals surface area contributed by atoms with Gasteiger partial charge in [-0.3, -0.25) is 0 Å². The van der Waals surface area contributed by atoms with Crippen LogP contribution < -0.4 is 10.1 Å². The fraction of sp³-hybridized carbons (Fsp3) is 0.286. The van der Waals surface area contributed by atoms with Crippen LogP contribution in [0.4, 0.5) is 0 Å². The standard InChI is InChI=1S/C14H14Cl3NOS/c1-2-18-7-9-3-4-10(20-9)8-19-14-6-12(16)11(15)5-13(14)17/h3-6,18H,2,7-8H2,1H3. The highest BCUT2D eigenvalue weighted by atomic mass is 35.5. The van der Waals surface area contributed by atoms with Gasteiger partial charge in [0.25, 0.3) is 0 Å². The molecule has 1 aromatic carbocycles. The van der Waals surface area contributed by atoms with E-state index in [2.05, 4.69) is 24.4 Å². The molecule has 6 heteroatoms. The highest BCUT2D eigenvalue weighted by Gasteiger charge is 2.08. The van der Waals surface area contributed by atoms with E-state index in [1.165, 1.54) is 4.88 Å². The molecule has 2 nitrogen and oxygen atoms in total. The van der Waals surface area contributed by atoms with Gasteiger partial charge < -0.3 is 10.1 Å². The smallest absolute Gasteiger partial charge is 0.140 e. The molecule has 2 rings (SSSR count). The number of halogens is 3. The Labute approximate surface area is 137 Å². The number of nitrogens with one attached hydrogen (secondary N) is 1. The zero-order valence-corrected chi connectivity index (χ0v) is 14.0. The second-order valence-electron chi connectivity index (χ2n) is 4.13. The van der Waals surface area contributed by atoms with Gasteiger partial charge >= 0.3 is 0 Å². The van der Waals surface area contributed by atoms with Crippen LogP contribution in [0.2, 0.25) is 15.1 Å². The van der Waals surface area contributed by atoms with Crippen LogP contribution in [-0.2, 0) is 13.2 Å². The minimum absolute atomic E-state index is 0.424. The molecule has 0 spiro atoms. The van der Waals surface area contributed by atoms with Gasteiger partial charge in [0.1, 0.15) is 12.4 Å². The molecule has 1 aromatic heterocycles. The summed E-state index contributed by atoms with van der Waals surface area (Å²) >= 11 is 19.6. The first-order valence-corrected chi connectivity index (χ1v) is 8.11. The number of hydrogen-bond donors (Lipinski definition) is 1. The molecule has 0 aliphatic carbocycles. The topological polar surface area (TPSA) is 21.3 Å². The van der Waals surface area contributed by atoms with Gasteiger partial charge in [0, 0.05) is 22.4 Å². The van der Waals surface area contributed by atoms with Crippen LogP contribution in [0.1, 0.15) is 16.7 Å². The summed E-state index contributed by atoms with van der Waals surface area (Å²) in [7, 11) is 0. The van der Waals surface area contributed by atoms with Gasteiger partial charge in [-0.15, -0.1) is 11.3 Å². The molecule has 108 valence electrons. The van der Waals surface area contributed by atoms with Crippen molar-refractivity contribution in [3.63, 3.8) is 0 Å². The van der Waals surface area contributed by atoms with Crippen molar-refractivity contribution >= 4 is 46.1 Å². The maximum atomic E-state index is 6.07. The van der Waals surface area contributed by atoms with Crippen molar-refractivity contribution in [2.75, 3.05) is 6.54 Å². The predicted molar refractivity (Wildman–Crippen MR) is 87.5 cm³/mol. The van der Waals surface area contributed by atoms with Gasteiger partial charge in [0.2, 0.25) is 0 Å². The van der Waals surface area contributed by atoms with E-state index in [0.29, 0.717) is 27.4 Å². The Morgan fingerprint density at radius 3 is 2.50 bits per heavy atom. The zero-order chi connectivity index (χ0) is 14.5. The van der Waals surface area contributed by atoms with Crippen molar-refractivity contribution in [2.24, 2.45) is 0 Å². The molecule has 0 aliphatic heterocycles. The summed E-state index contributed by atoms with van der Waals surface area (Å²) in [6.45, 7) is 4.40. The van der Waals surface area contributed by atoms with Gasteiger partial charge in [-0.05, 0) is 24.7 Å². The lowest BCUT2D eigenvalue weighted by molar-refractivity contribution is 0.310. The molecule has 0 saturated heterocycles. The van der Waals surface area contributed by atoms with E-state index in [1.54, 1.807) is 23.5 Å². The van der Waals surface area contributed by atoms with E-state index in [9.17, 15) is 0 Å². The molecular formula is C14H14Cl3NOS. The van der Waals surface area contributed by atoms with Crippen LogP contribution in [0.3, 0.4) is 0 Å². The summed E-state index contributed by atoms with van der Waals surface area (Å²) in [5, 5.41) is 4.61. The lowest BCUT2D eigenvalue weighted by atomic mass is 10.3. The van der Waals surface area contributed by atoms with Crippen molar-refractivity contribution < 1.29 is 4.74 Å². The van der Waals surface area contributed by atoms with Gasteiger partial charge in [-0.1, -0.05) is 41.7 Å². The van der Waals surface area contributed by atoms with Crippen LogP contribution in [0.15, 0.2) is 24.3 Å². The first-order chi connectivity index (χ1) is 9.60. The first kappa shape index (κ1) is 15.9. The lowest BCUT2D eigenvalue weighted by Crippen LogP contribution is -2.10. The molecule has 0 amide bonds. The van der Waals surface area contributed by atoms with Crippen LogP contribution in [-0.4, -0.2) is 6.54 Å². The molecule has 0 unspecified atom stereocenters. The number of rotatable bonds is 6. The van der Waals surface area contributed by atoms with Gasteiger partial charge in [-0.2, -0.15) is 0 Å². The summed E-state index contributed by atoms with van der Waals surface area (Å²) in [6, 6.07) is 7.39. The molecule has 2 aromatic rings. The molecule has 1 heterocycles. The predicted octanol–water partition coefficient (Wildman–Crippen LogP) is 5.40. The third-order valence-corrected chi connectivity index (χ3v) is 4.69. The maximum Gasteiger partial charge on any atom is 0.140 e. The van der Waals surface area contributed by atoms with Crippen LogP contribution >= 0.6 is 46.1 Å². The monoisotopic (exact) mass is 349 g/mol. The van der Waals surface area contributed by atoms with E-state index < -0.39 is 0 Å². The molecule has 0 aliphatic rings. The summed E-state index contributed by atoms with van der Waals surface area (Å²) in [5.74, 6) is 0.544. The summed E-state index contributed by atoms with van der Waals surface area (Å²) in [6.07, 6.45) is 0. The Kier molecular flexibility index (Phi) is 6.00. The van der Waals surface area contributed by atoms with Crippen LogP contribution in [0.5, 0.6) is 5.75 Å². The Bertz CT molecular complexity index is 586. The average Bonchev–Trinajstić information content (AvgIpc) is 2.87. The Balaban J connectivity index is 1.98. The third kappa shape index (κ3) is 4.27. The lowest BCUT2D eigenvalue weighted by Gasteiger charge is -2.08. The second-order valence-corrected chi connectivity index (χ2v) is 6.61. The number of hydrogen-bond acceptors (Lipinski definition) is 3. The number of benzene rings is 1. The number of thiophene rings is 1. The quantitative estimate of drug-likeness (QED) is 0.705. The van der Waals surface area contributed by atoms with Crippen molar-refractivity contribution in [3.8, 4) is 5.75 Å². The highest BCUT2D eigenvalue weighted by molar-refractivity contribution is 7.11. The summed E-state index contributed by atoms with van der Waals surface area (Å²) < 4.78 is 5.69. The van der Waals surface area contributed by atoms with Crippen LogP contribution in [0, 0.1) is 0 Å². The molecule has 0 saturated carbocycles. The molecule has 0 radical (unpaired) electrons. The molecular weight excluding hydrogens is 337 g/mol. The Hall–Kier alpha value is -0.450. The maximum absolute atomic E-state index is 6.07. The molecule has 0 atom stereocenters. The summed E-state index contributed by atoms with van der Waals surface area (Å²) in [5.41, 5.74) is 0. The minimum Gasteiger partial charge on any atom is -0.486 e. The average molecular weight is 351 g/mol. The molecule has 0 fully saturated rings. The van der Waals surface area contributed by atoms with Gasteiger partial charge in [0.05, 0.1) is 15.1 Å². The van der Waals surface area contributed by atoms with Crippen molar-refractivity contribution in [2.45, 2.75) is 20.1 Å². The highest BCUT2D eigenvalue weighted by Crippen LogP contribution is 2.34. The molecule has 1 N–H and O–H groups in total. The first-order valence-electron chi connectivity index (χ1n) is 6.15. The molecule has 20 heavy (non-hydrogen) atoms. The Morgan fingerprint density at radius 1 is 1.05 bits per heavy atom.